The standard InChI is InChI=1S/C11H12F3NO/c12-11(13,14)4-5-15-6-8-2-1-3-10(16)9(8)7-15/h6-7H,1-5H2. The van der Waals surface area contributed by atoms with Crippen molar-refractivity contribution in [3.05, 3.63) is 23.5 Å². The number of rotatable bonds is 2. The van der Waals surface area contributed by atoms with Crippen molar-refractivity contribution in [3.63, 3.8) is 0 Å². The third-order valence-electron chi connectivity index (χ3n) is 2.77. The van der Waals surface area contributed by atoms with E-state index in [0.29, 0.717) is 12.0 Å². The Morgan fingerprint density at radius 2 is 2.00 bits per heavy atom. The quantitative estimate of drug-likeness (QED) is 0.767. The fraction of sp³-hybridized carbons (Fsp3) is 0.545. The smallest absolute Gasteiger partial charge is 0.353 e. The number of Topliss-reactive ketones (excluding diaryl/α,β-unsaturated/α-hetero) is 1. The molecule has 88 valence electrons. The van der Waals surface area contributed by atoms with Crippen molar-refractivity contribution in [2.45, 2.75) is 38.4 Å². The molecule has 0 amide bonds. The lowest BCUT2D eigenvalue weighted by Crippen LogP contribution is -2.11. The third-order valence-corrected chi connectivity index (χ3v) is 2.77. The molecule has 0 aromatic carbocycles. The van der Waals surface area contributed by atoms with Gasteiger partial charge >= 0.3 is 6.18 Å². The molecule has 0 radical (unpaired) electrons. The van der Waals surface area contributed by atoms with Crippen LogP contribution in [0.25, 0.3) is 0 Å². The molecule has 1 aliphatic rings. The first kappa shape index (κ1) is 11.2. The molecule has 1 aliphatic carbocycles. The highest BCUT2D eigenvalue weighted by Crippen LogP contribution is 2.24. The summed E-state index contributed by atoms with van der Waals surface area (Å²) in [4.78, 5) is 11.5. The van der Waals surface area contributed by atoms with Crippen molar-refractivity contribution in [2.24, 2.45) is 0 Å². The zero-order chi connectivity index (χ0) is 11.8. The Bertz CT molecular complexity index is 406. The first-order valence-electron chi connectivity index (χ1n) is 5.24. The van der Waals surface area contributed by atoms with Gasteiger partial charge in [-0.3, -0.25) is 4.79 Å². The molecule has 0 bridgehead atoms. The topological polar surface area (TPSA) is 22.0 Å². The summed E-state index contributed by atoms with van der Waals surface area (Å²) in [7, 11) is 0. The van der Waals surface area contributed by atoms with Crippen molar-refractivity contribution in [1.29, 1.82) is 0 Å². The van der Waals surface area contributed by atoms with Gasteiger partial charge in [-0.15, -0.1) is 0 Å². The molecule has 0 saturated carbocycles. The summed E-state index contributed by atoms with van der Waals surface area (Å²) in [6.07, 6.45) is 0.315. The second-order valence-corrected chi connectivity index (χ2v) is 4.08. The van der Waals surface area contributed by atoms with Crippen molar-refractivity contribution >= 4 is 5.78 Å². The number of hydrogen-bond acceptors (Lipinski definition) is 1. The number of hydrogen-bond donors (Lipinski definition) is 0. The number of halogens is 3. The number of ketones is 1. The van der Waals surface area contributed by atoms with Gasteiger partial charge in [0.05, 0.1) is 6.42 Å². The van der Waals surface area contributed by atoms with Crippen LogP contribution in [0.15, 0.2) is 12.4 Å². The highest BCUT2D eigenvalue weighted by molar-refractivity contribution is 5.98. The van der Waals surface area contributed by atoms with Gasteiger partial charge in [0.15, 0.2) is 5.78 Å². The Balaban J connectivity index is 2.10. The van der Waals surface area contributed by atoms with Gasteiger partial charge in [-0.1, -0.05) is 0 Å². The van der Waals surface area contributed by atoms with Crippen LogP contribution in [0.1, 0.15) is 35.2 Å². The van der Waals surface area contributed by atoms with Gasteiger partial charge in [0.25, 0.3) is 0 Å². The molecule has 0 saturated heterocycles. The molecule has 0 aliphatic heterocycles. The highest BCUT2D eigenvalue weighted by Gasteiger charge is 2.27. The van der Waals surface area contributed by atoms with Gasteiger partial charge in [-0.25, -0.2) is 0 Å². The summed E-state index contributed by atoms with van der Waals surface area (Å²) in [6.45, 7) is -0.107. The van der Waals surface area contributed by atoms with Crippen LogP contribution in [0.2, 0.25) is 0 Å². The first-order chi connectivity index (χ1) is 7.46. The van der Waals surface area contributed by atoms with Crippen LogP contribution in [0.4, 0.5) is 13.2 Å². The van der Waals surface area contributed by atoms with Gasteiger partial charge in [0.1, 0.15) is 0 Å². The molecule has 0 N–H and O–H groups in total. The fourth-order valence-corrected chi connectivity index (χ4v) is 1.97. The Labute approximate surface area is 91.1 Å². The van der Waals surface area contributed by atoms with Crippen LogP contribution >= 0.6 is 0 Å². The van der Waals surface area contributed by atoms with Crippen LogP contribution in [0.5, 0.6) is 0 Å². The van der Waals surface area contributed by atoms with E-state index in [1.165, 1.54) is 4.57 Å². The molecule has 0 unspecified atom stereocenters. The SMILES string of the molecule is O=C1CCCc2cn(CCC(F)(F)F)cc21. The van der Waals surface area contributed by atoms with Gasteiger partial charge in [0.2, 0.25) is 0 Å². The number of carbonyl (C=O) groups excluding carboxylic acids is 1. The molecule has 1 heterocycles. The molecule has 0 atom stereocenters. The normalized spacial score (nSPS) is 16.3. The minimum Gasteiger partial charge on any atom is -0.353 e. The van der Waals surface area contributed by atoms with Crippen LogP contribution in [-0.2, 0) is 13.0 Å². The molecule has 1 aromatic rings. The van der Waals surface area contributed by atoms with Crippen LogP contribution in [0.3, 0.4) is 0 Å². The van der Waals surface area contributed by atoms with Gasteiger partial charge in [-0.05, 0) is 18.4 Å². The van der Waals surface area contributed by atoms with E-state index in [9.17, 15) is 18.0 Å². The van der Waals surface area contributed by atoms with E-state index >= 15 is 0 Å². The van der Waals surface area contributed by atoms with E-state index in [0.717, 1.165) is 18.4 Å². The molecule has 0 fully saturated rings. The minimum absolute atomic E-state index is 0.0482. The van der Waals surface area contributed by atoms with Crippen molar-refractivity contribution in [2.75, 3.05) is 0 Å². The summed E-state index contributed by atoms with van der Waals surface area (Å²) >= 11 is 0. The van der Waals surface area contributed by atoms with Crippen molar-refractivity contribution in [1.82, 2.24) is 4.57 Å². The number of aromatic nitrogens is 1. The summed E-state index contributed by atoms with van der Waals surface area (Å²) < 4.78 is 37.5. The number of alkyl halides is 3. The van der Waals surface area contributed by atoms with Gasteiger partial charge in [0, 0.05) is 30.9 Å². The molecule has 16 heavy (non-hydrogen) atoms. The Kier molecular flexibility index (Phi) is 2.78. The fourth-order valence-electron chi connectivity index (χ4n) is 1.97. The zero-order valence-electron chi connectivity index (χ0n) is 8.68. The number of carbonyl (C=O) groups is 1. The van der Waals surface area contributed by atoms with E-state index in [1.54, 1.807) is 12.4 Å². The molecule has 5 heteroatoms. The second-order valence-electron chi connectivity index (χ2n) is 4.08. The lowest BCUT2D eigenvalue weighted by atomic mass is 9.95. The predicted octanol–water partition coefficient (Wildman–Crippen LogP) is 2.96. The first-order valence-corrected chi connectivity index (χ1v) is 5.24. The van der Waals surface area contributed by atoms with Crippen LogP contribution < -0.4 is 0 Å². The maximum absolute atomic E-state index is 12.0. The van der Waals surface area contributed by atoms with Gasteiger partial charge in [-0.2, -0.15) is 13.2 Å². The molecule has 0 spiro atoms. The second kappa shape index (κ2) is 3.96. The Morgan fingerprint density at radius 1 is 1.25 bits per heavy atom. The largest absolute Gasteiger partial charge is 0.390 e. The molecule has 2 nitrogen and oxygen atoms in total. The van der Waals surface area contributed by atoms with E-state index in [2.05, 4.69) is 0 Å². The van der Waals surface area contributed by atoms with Crippen LogP contribution in [-0.4, -0.2) is 16.5 Å². The van der Waals surface area contributed by atoms with E-state index in [-0.39, 0.29) is 12.3 Å². The average Bonchev–Trinajstić information content (AvgIpc) is 2.58. The average molecular weight is 231 g/mol. The Hall–Kier alpha value is -1.26. The lowest BCUT2D eigenvalue weighted by Gasteiger charge is -2.07. The predicted molar refractivity (Wildman–Crippen MR) is 52.4 cm³/mol. The third kappa shape index (κ3) is 2.46. The maximum atomic E-state index is 12.0. The number of fused-ring (bicyclic) bond motifs is 1. The maximum Gasteiger partial charge on any atom is 0.390 e. The molecular weight excluding hydrogens is 219 g/mol. The van der Waals surface area contributed by atoms with Crippen molar-refractivity contribution < 1.29 is 18.0 Å². The van der Waals surface area contributed by atoms with Gasteiger partial charge < -0.3 is 4.57 Å². The minimum atomic E-state index is -4.14. The van der Waals surface area contributed by atoms with Crippen LogP contribution in [0, 0.1) is 0 Å². The zero-order valence-corrected chi connectivity index (χ0v) is 8.68. The highest BCUT2D eigenvalue weighted by atomic mass is 19.4. The van der Waals surface area contributed by atoms with E-state index < -0.39 is 12.6 Å². The summed E-state index contributed by atoms with van der Waals surface area (Å²) in [6, 6.07) is 0. The van der Waals surface area contributed by atoms with E-state index in [1.807, 2.05) is 0 Å². The van der Waals surface area contributed by atoms with Crippen molar-refractivity contribution in [3.8, 4) is 0 Å². The molecular formula is C11H12F3NO. The summed E-state index contributed by atoms with van der Waals surface area (Å²) in [5, 5.41) is 0. The lowest BCUT2D eigenvalue weighted by molar-refractivity contribution is -0.136. The summed E-state index contributed by atoms with van der Waals surface area (Å²) in [5.74, 6) is 0.0482. The molecule has 1 aromatic heterocycles. The number of aryl methyl sites for hydroxylation is 2. The Morgan fingerprint density at radius 3 is 2.62 bits per heavy atom. The number of nitrogens with zero attached hydrogens (tertiary/aromatic N) is 1. The van der Waals surface area contributed by atoms with E-state index in [4.69, 9.17) is 0 Å². The molecule has 2 rings (SSSR count). The monoisotopic (exact) mass is 231 g/mol. The summed E-state index contributed by atoms with van der Waals surface area (Å²) in [5.41, 5.74) is 1.49.